The van der Waals surface area contributed by atoms with Crippen molar-refractivity contribution in [3.8, 4) is 0 Å². The highest BCUT2D eigenvalue weighted by molar-refractivity contribution is 5.00. The smallest absolute Gasteiger partial charge is 0.105 e. The summed E-state index contributed by atoms with van der Waals surface area (Å²) in [6.45, 7) is 12.6. The van der Waals surface area contributed by atoms with E-state index in [9.17, 15) is 0 Å². The molecule has 0 aliphatic carbocycles. The van der Waals surface area contributed by atoms with Crippen molar-refractivity contribution >= 4 is 0 Å². The van der Waals surface area contributed by atoms with Gasteiger partial charge >= 0.3 is 0 Å². The molecule has 0 aliphatic rings. The monoisotopic (exact) mass is 265 g/mol. The summed E-state index contributed by atoms with van der Waals surface area (Å²) in [5.41, 5.74) is 0.416. The van der Waals surface area contributed by atoms with Crippen molar-refractivity contribution in [1.29, 1.82) is 0 Å². The van der Waals surface area contributed by atoms with Gasteiger partial charge in [-0.3, -0.25) is 0 Å². The van der Waals surface area contributed by atoms with Gasteiger partial charge in [0.15, 0.2) is 0 Å². The first-order chi connectivity index (χ1) is 8.90. The number of nitrogens with one attached hydrogen (secondary N) is 1. The lowest BCUT2D eigenvalue weighted by Crippen LogP contribution is -2.34. The van der Waals surface area contributed by atoms with Crippen molar-refractivity contribution in [3.63, 3.8) is 0 Å². The summed E-state index contributed by atoms with van der Waals surface area (Å²) < 4.78 is 5.49. The quantitative estimate of drug-likeness (QED) is 0.740. The van der Waals surface area contributed by atoms with Gasteiger partial charge < -0.3 is 9.73 Å². The Bertz CT molecular complexity index is 324. The topological polar surface area (TPSA) is 25.2 Å². The summed E-state index contributed by atoms with van der Waals surface area (Å²) in [5, 5.41) is 3.66. The Morgan fingerprint density at radius 2 is 2.05 bits per heavy atom. The Labute approximate surface area is 119 Å². The van der Waals surface area contributed by atoms with Crippen LogP contribution in [0.4, 0.5) is 0 Å². The Balaban J connectivity index is 2.48. The van der Waals surface area contributed by atoms with Crippen molar-refractivity contribution < 1.29 is 4.42 Å². The lowest BCUT2D eigenvalue weighted by molar-refractivity contribution is 0.270. The Morgan fingerprint density at radius 3 is 2.58 bits per heavy atom. The molecular weight excluding hydrogens is 234 g/mol. The molecule has 0 aliphatic heterocycles. The van der Waals surface area contributed by atoms with Crippen LogP contribution in [0.2, 0.25) is 0 Å². The Morgan fingerprint density at radius 1 is 1.32 bits per heavy atom. The summed E-state index contributed by atoms with van der Waals surface area (Å²) in [6, 6.07) is 4.59. The van der Waals surface area contributed by atoms with Gasteiger partial charge in [-0.25, -0.2) is 0 Å². The minimum Gasteiger partial charge on any atom is -0.469 e. The zero-order chi connectivity index (χ0) is 14.3. The lowest BCUT2D eigenvalue weighted by Gasteiger charge is -2.27. The van der Waals surface area contributed by atoms with Gasteiger partial charge in [0.2, 0.25) is 0 Å². The standard InChI is InChI=1S/C17H31NO/c1-6-9-18-15(12-16-8-7-10-19-16)11-14(2)13-17(3,4)5/h7-8,10,14-15,18H,6,9,11-13H2,1-5H3. The van der Waals surface area contributed by atoms with E-state index in [1.54, 1.807) is 6.26 Å². The third-order valence-electron chi connectivity index (χ3n) is 3.36. The second kappa shape index (κ2) is 7.74. The molecule has 2 heteroatoms. The summed E-state index contributed by atoms with van der Waals surface area (Å²) in [4.78, 5) is 0. The molecule has 2 atom stereocenters. The fourth-order valence-corrected chi connectivity index (χ4v) is 2.87. The molecule has 0 spiro atoms. The highest BCUT2D eigenvalue weighted by Gasteiger charge is 2.19. The zero-order valence-corrected chi connectivity index (χ0v) is 13.3. The van der Waals surface area contributed by atoms with Crippen LogP contribution in [0.25, 0.3) is 0 Å². The van der Waals surface area contributed by atoms with Crippen LogP contribution in [0.3, 0.4) is 0 Å². The Hall–Kier alpha value is -0.760. The first-order valence-corrected chi connectivity index (χ1v) is 7.66. The van der Waals surface area contributed by atoms with Crippen LogP contribution in [0.5, 0.6) is 0 Å². The van der Waals surface area contributed by atoms with Gasteiger partial charge in [-0.05, 0) is 49.3 Å². The largest absolute Gasteiger partial charge is 0.469 e. The summed E-state index contributed by atoms with van der Waals surface area (Å²) in [5.74, 6) is 1.83. The molecule has 110 valence electrons. The molecule has 19 heavy (non-hydrogen) atoms. The molecule has 2 unspecified atom stereocenters. The molecule has 0 amide bonds. The maximum atomic E-state index is 5.49. The minimum atomic E-state index is 0.416. The molecule has 1 N–H and O–H groups in total. The molecule has 1 aromatic rings. The molecule has 0 aromatic carbocycles. The van der Waals surface area contributed by atoms with Gasteiger partial charge in [0.05, 0.1) is 6.26 Å². The van der Waals surface area contributed by atoms with Crippen molar-refractivity contribution in [2.75, 3.05) is 6.54 Å². The van der Waals surface area contributed by atoms with Crippen LogP contribution in [0.1, 0.15) is 59.6 Å². The maximum absolute atomic E-state index is 5.49. The molecule has 1 aromatic heterocycles. The van der Waals surface area contributed by atoms with Crippen molar-refractivity contribution in [1.82, 2.24) is 5.32 Å². The van der Waals surface area contributed by atoms with Crippen LogP contribution >= 0.6 is 0 Å². The molecule has 0 radical (unpaired) electrons. The van der Waals surface area contributed by atoms with Crippen LogP contribution in [-0.4, -0.2) is 12.6 Å². The molecule has 0 saturated heterocycles. The second-order valence-corrected chi connectivity index (χ2v) is 7.04. The summed E-state index contributed by atoms with van der Waals surface area (Å²) in [7, 11) is 0. The molecular formula is C17H31NO. The number of furan rings is 1. The SMILES string of the molecule is CCCNC(Cc1ccco1)CC(C)CC(C)(C)C. The normalized spacial score (nSPS) is 15.4. The van der Waals surface area contributed by atoms with Crippen LogP contribution in [0.15, 0.2) is 22.8 Å². The first kappa shape index (κ1) is 16.3. The third-order valence-corrected chi connectivity index (χ3v) is 3.36. The van der Waals surface area contributed by atoms with E-state index in [-0.39, 0.29) is 0 Å². The molecule has 1 heterocycles. The number of rotatable bonds is 8. The van der Waals surface area contributed by atoms with Crippen molar-refractivity contribution in [3.05, 3.63) is 24.2 Å². The summed E-state index contributed by atoms with van der Waals surface area (Å²) in [6.07, 6.45) is 6.45. The van der Waals surface area contributed by atoms with Gasteiger partial charge in [-0.2, -0.15) is 0 Å². The predicted molar refractivity (Wildman–Crippen MR) is 82.3 cm³/mol. The molecule has 2 nitrogen and oxygen atoms in total. The van der Waals surface area contributed by atoms with Gasteiger partial charge in [-0.1, -0.05) is 34.6 Å². The fourth-order valence-electron chi connectivity index (χ4n) is 2.87. The van der Waals surface area contributed by atoms with E-state index in [2.05, 4.69) is 46.0 Å². The van der Waals surface area contributed by atoms with Gasteiger partial charge in [0.1, 0.15) is 5.76 Å². The van der Waals surface area contributed by atoms with Crippen LogP contribution in [-0.2, 0) is 6.42 Å². The molecule has 0 saturated carbocycles. The zero-order valence-electron chi connectivity index (χ0n) is 13.3. The van der Waals surface area contributed by atoms with E-state index < -0.39 is 0 Å². The third kappa shape index (κ3) is 7.41. The van der Waals surface area contributed by atoms with Crippen LogP contribution in [0, 0.1) is 11.3 Å². The average Bonchev–Trinajstić information content (AvgIpc) is 2.75. The molecule has 1 rings (SSSR count). The van der Waals surface area contributed by atoms with E-state index in [0.717, 1.165) is 24.6 Å². The van der Waals surface area contributed by atoms with E-state index >= 15 is 0 Å². The number of hydrogen-bond acceptors (Lipinski definition) is 2. The minimum absolute atomic E-state index is 0.416. The fraction of sp³-hybridized carbons (Fsp3) is 0.765. The van der Waals surface area contributed by atoms with E-state index in [1.165, 1.54) is 19.3 Å². The van der Waals surface area contributed by atoms with Crippen molar-refractivity contribution in [2.24, 2.45) is 11.3 Å². The second-order valence-electron chi connectivity index (χ2n) is 7.04. The first-order valence-electron chi connectivity index (χ1n) is 7.66. The predicted octanol–water partition coefficient (Wildman–Crippen LogP) is 4.65. The van der Waals surface area contributed by atoms with E-state index in [0.29, 0.717) is 11.5 Å². The lowest BCUT2D eigenvalue weighted by atomic mass is 9.82. The van der Waals surface area contributed by atoms with E-state index in [1.807, 2.05) is 6.07 Å². The maximum Gasteiger partial charge on any atom is 0.105 e. The average molecular weight is 265 g/mol. The van der Waals surface area contributed by atoms with Gasteiger partial charge in [-0.15, -0.1) is 0 Å². The Kier molecular flexibility index (Phi) is 6.64. The molecule has 0 bridgehead atoms. The summed E-state index contributed by atoms with van der Waals surface area (Å²) >= 11 is 0. The van der Waals surface area contributed by atoms with Gasteiger partial charge in [0.25, 0.3) is 0 Å². The highest BCUT2D eigenvalue weighted by Crippen LogP contribution is 2.27. The highest BCUT2D eigenvalue weighted by atomic mass is 16.3. The van der Waals surface area contributed by atoms with Crippen LogP contribution < -0.4 is 5.32 Å². The van der Waals surface area contributed by atoms with E-state index in [4.69, 9.17) is 4.42 Å². The number of hydrogen-bond donors (Lipinski definition) is 1. The molecule has 0 fully saturated rings. The van der Waals surface area contributed by atoms with Crippen molar-refractivity contribution in [2.45, 2.75) is 66.3 Å². The van der Waals surface area contributed by atoms with Gasteiger partial charge in [0, 0.05) is 12.5 Å².